The summed E-state index contributed by atoms with van der Waals surface area (Å²) in [5.74, 6) is -1.93. The van der Waals surface area contributed by atoms with Gasteiger partial charge in [0.1, 0.15) is 5.75 Å². The van der Waals surface area contributed by atoms with Crippen molar-refractivity contribution in [1.29, 1.82) is 0 Å². The molecule has 0 fully saturated rings. The van der Waals surface area contributed by atoms with Gasteiger partial charge in [-0.1, -0.05) is 36.4 Å². The number of hydrogen-bond donors (Lipinski definition) is 1. The van der Waals surface area contributed by atoms with Crippen molar-refractivity contribution in [2.75, 3.05) is 6.61 Å². The van der Waals surface area contributed by atoms with E-state index in [0.29, 0.717) is 11.3 Å². The first-order valence-electron chi connectivity index (χ1n) is 7.06. The molecule has 120 valence electrons. The molecule has 1 amide bonds. The van der Waals surface area contributed by atoms with Gasteiger partial charge in [-0.3, -0.25) is 4.79 Å². The number of rotatable bonds is 2. The van der Waals surface area contributed by atoms with E-state index in [1.165, 1.54) is 6.08 Å². The molecule has 2 aromatic carbocycles. The molecule has 23 heavy (non-hydrogen) atoms. The highest BCUT2D eigenvalue weighted by Gasteiger charge is 2.42. The third-order valence-corrected chi connectivity index (χ3v) is 3.95. The van der Waals surface area contributed by atoms with Gasteiger partial charge in [-0.2, -0.15) is 13.2 Å². The van der Waals surface area contributed by atoms with Crippen LogP contribution >= 0.6 is 0 Å². The van der Waals surface area contributed by atoms with E-state index >= 15 is 0 Å². The third-order valence-electron chi connectivity index (χ3n) is 3.95. The Balaban J connectivity index is 2.12. The summed E-state index contributed by atoms with van der Waals surface area (Å²) in [6.07, 6.45) is -3.43. The smallest absolute Gasteiger partial charge is 0.471 e. The molecule has 1 aliphatic rings. The number of ether oxygens (including phenoxy) is 1. The molecular formula is C17H14F3NO2. The number of carbonyl (C=O) groups is 1. The molecular weight excluding hydrogens is 307 g/mol. The van der Waals surface area contributed by atoms with Crippen LogP contribution in [0.4, 0.5) is 13.2 Å². The lowest BCUT2D eigenvalue weighted by Crippen LogP contribution is -2.44. The molecule has 1 heterocycles. The normalized spacial score (nSPS) is 20.5. The van der Waals surface area contributed by atoms with Gasteiger partial charge in [0.05, 0.1) is 12.6 Å². The fourth-order valence-electron chi connectivity index (χ4n) is 2.82. The molecule has 0 saturated carbocycles. The molecule has 0 unspecified atom stereocenters. The second-order valence-electron chi connectivity index (χ2n) is 5.36. The molecule has 2 aromatic rings. The molecule has 6 heteroatoms. The van der Waals surface area contributed by atoms with Crippen molar-refractivity contribution in [1.82, 2.24) is 5.32 Å². The minimum absolute atomic E-state index is 0.164. The fraction of sp³-hybridized carbons (Fsp3) is 0.235. The quantitative estimate of drug-likeness (QED) is 0.856. The second kappa shape index (κ2) is 5.61. The van der Waals surface area contributed by atoms with E-state index < -0.39 is 24.0 Å². The summed E-state index contributed by atoms with van der Waals surface area (Å²) in [6, 6.07) is 10.0. The highest BCUT2D eigenvalue weighted by atomic mass is 19.4. The minimum Gasteiger partial charge on any atom is -0.492 e. The van der Waals surface area contributed by atoms with Gasteiger partial charge in [0.15, 0.2) is 0 Å². The summed E-state index contributed by atoms with van der Waals surface area (Å²) >= 11 is 0. The van der Waals surface area contributed by atoms with E-state index in [1.54, 1.807) is 18.2 Å². The van der Waals surface area contributed by atoms with E-state index in [0.717, 1.165) is 10.8 Å². The van der Waals surface area contributed by atoms with Gasteiger partial charge in [0, 0.05) is 11.5 Å². The number of alkyl halides is 3. The van der Waals surface area contributed by atoms with Crippen LogP contribution in [0.2, 0.25) is 0 Å². The number of carbonyl (C=O) groups excluding carboxylic acids is 1. The fourth-order valence-corrected chi connectivity index (χ4v) is 2.82. The Labute approximate surface area is 130 Å². The lowest BCUT2D eigenvalue weighted by Gasteiger charge is -2.33. The van der Waals surface area contributed by atoms with Crippen LogP contribution in [0.15, 0.2) is 49.1 Å². The summed E-state index contributed by atoms with van der Waals surface area (Å²) < 4.78 is 43.6. The largest absolute Gasteiger partial charge is 0.492 e. The molecule has 0 radical (unpaired) electrons. The maximum Gasteiger partial charge on any atom is 0.471 e. The molecule has 0 aliphatic carbocycles. The number of amides is 1. The lowest BCUT2D eigenvalue weighted by molar-refractivity contribution is -0.174. The first-order valence-corrected chi connectivity index (χ1v) is 7.06. The molecule has 2 atom stereocenters. The zero-order valence-electron chi connectivity index (χ0n) is 12.1. The SMILES string of the molecule is C=C[C@@H]1COc2ccc3ccccc3c2[C@@H]1NC(=O)C(F)(F)F. The average Bonchev–Trinajstić information content (AvgIpc) is 2.53. The number of benzene rings is 2. The number of hydrogen-bond acceptors (Lipinski definition) is 2. The first kappa shape index (κ1) is 15.4. The monoisotopic (exact) mass is 321 g/mol. The van der Waals surface area contributed by atoms with Gasteiger partial charge < -0.3 is 10.1 Å². The standard InChI is InChI=1S/C17H14F3NO2/c1-2-10-9-23-13-8-7-11-5-3-4-6-12(11)14(13)15(10)21-16(22)17(18,19)20/h2-8,10,15H,1,9H2,(H,21,22)/t10-,15-/m1/s1. The predicted molar refractivity (Wildman–Crippen MR) is 80.1 cm³/mol. The van der Waals surface area contributed by atoms with Gasteiger partial charge >= 0.3 is 12.1 Å². The van der Waals surface area contributed by atoms with E-state index in [9.17, 15) is 18.0 Å². The third kappa shape index (κ3) is 2.76. The highest BCUT2D eigenvalue weighted by molar-refractivity contribution is 5.90. The molecule has 1 aliphatic heterocycles. The van der Waals surface area contributed by atoms with Crippen LogP contribution < -0.4 is 10.1 Å². The minimum atomic E-state index is -4.94. The van der Waals surface area contributed by atoms with Crippen LogP contribution in [0.25, 0.3) is 10.8 Å². The summed E-state index contributed by atoms with van der Waals surface area (Å²) in [7, 11) is 0. The molecule has 0 aromatic heterocycles. The van der Waals surface area contributed by atoms with Gasteiger partial charge in [0.2, 0.25) is 0 Å². The van der Waals surface area contributed by atoms with Crippen LogP contribution in [-0.2, 0) is 4.79 Å². The second-order valence-corrected chi connectivity index (χ2v) is 5.36. The van der Waals surface area contributed by atoms with Gasteiger partial charge in [-0.15, -0.1) is 6.58 Å². The van der Waals surface area contributed by atoms with E-state index in [4.69, 9.17) is 4.74 Å². The summed E-state index contributed by atoms with van der Waals surface area (Å²) in [4.78, 5) is 11.4. The predicted octanol–water partition coefficient (Wildman–Crippen LogP) is 3.75. The van der Waals surface area contributed by atoms with Gasteiger partial charge in [-0.25, -0.2) is 0 Å². The van der Waals surface area contributed by atoms with Crippen LogP contribution in [0.3, 0.4) is 0 Å². The van der Waals surface area contributed by atoms with Crippen molar-refractivity contribution >= 4 is 16.7 Å². The van der Waals surface area contributed by atoms with E-state index in [1.807, 2.05) is 18.2 Å². The maximum absolute atomic E-state index is 12.7. The number of fused-ring (bicyclic) bond motifs is 3. The number of halogens is 3. The Bertz CT molecular complexity index is 770. The zero-order chi connectivity index (χ0) is 16.6. The Morgan fingerprint density at radius 1 is 1.26 bits per heavy atom. The summed E-state index contributed by atoms with van der Waals surface area (Å²) in [5.41, 5.74) is 0.553. The molecule has 0 spiro atoms. The maximum atomic E-state index is 12.7. The lowest BCUT2D eigenvalue weighted by atomic mass is 9.87. The Hall–Kier alpha value is -2.50. The molecule has 1 N–H and O–H groups in total. The first-order chi connectivity index (χ1) is 10.9. The van der Waals surface area contributed by atoms with Crippen molar-refractivity contribution in [2.45, 2.75) is 12.2 Å². The summed E-state index contributed by atoms with van der Waals surface area (Å²) in [5, 5.41) is 3.71. The molecule has 0 bridgehead atoms. The highest BCUT2D eigenvalue weighted by Crippen LogP contribution is 2.41. The molecule has 3 nitrogen and oxygen atoms in total. The van der Waals surface area contributed by atoms with Crippen molar-refractivity contribution in [2.24, 2.45) is 5.92 Å². The van der Waals surface area contributed by atoms with E-state index in [-0.39, 0.29) is 6.61 Å². The van der Waals surface area contributed by atoms with E-state index in [2.05, 4.69) is 11.9 Å². The van der Waals surface area contributed by atoms with Crippen LogP contribution in [0, 0.1) is 5.92 Å². The van der Waals surface area contributed by atoms with Crippen LogP contribution in [0.1, 0.15) is 11.6 Å². The van der Waals surface area contributed by atoms with Crippen LogP contribution in [0.5, 0.6) is 5.75 Å². The molecule has 0 saturated heterocycles. The number of nitrogens with one attached hydrogen (secondary N) is 1. The zero-order valence-corrected chi connectivity index (χ0v) is 12.1. The Kier molecular flexibility index (Phi) is 3.75. The van der Waals surface area contributed by atoms with Crippen molar-refractivity contribution in [3.8, 4) is 5.75 Å². The molecule has 3 rings (SSSR count). The topological polar surface area (TPSA) is 38.3 Å². The van der Waals surface area contributed by atoms with Crippen LogP contribution in [-0.4, -0.2) is 18.7 Å². The van der Waals surface area contributed by atoms with Crippen molar-refractivity contribution in [3.05, 3.63) is 54.6 Å². The van der Waals surface area contributed by atoms with Crippen molar-refractivity contribution < 1.29 is 22.7 Å². The Morgan fingerprint density at radius 3 is 2.70 bits per heavy atom. The summed E-state index contributed by atoms with van der Waals surface area (Å²) in [6.45, 7) is 3.81. The van der Waals surface area contributed by atoms with Gasteiger partial charge in [0.25, 0.3) is 0 Å². The Morgan fingerprint density at radius 2 is 2.00 bits per heavy atom. The van der Waals surface area contributed by atoms with Gasteiger partial charge in [-0.05, 0) is 16.8 Å². The average molecular weight is 321 g/mol. The van der Waals surface area contributed by atoms with Crippen molar-refractivity contribution in [3.63, 3.8) is 0 Å².